The molecule has 0 spiro atoms. The Bertz CT molecular complexity index is 586. The Morgan fingerprint density at radius 3 is 2.57 bits per heavy atom. The number of carbonyl (C=O) groups is 2. The molecule has 1 N–H and O–H groups in total. The highest BCUT2D eigenvalue weighted by molar-refractivity contribution is 5.96. The molecule has 126 valence electrons. The van der Waals surface area contributed by atoms with E-state index in [0.29, 0.717) is 43.4 Å². The lowest BCUT2D eigenvalue weighted by molar-refractivity contribution is -0.122. The number of aryl methyl sites for hydroxylation is 2. The summed E-state index contributed by atoms with van der Waals surface area (Å²) < 4.78 is 5.15. The lowest BCUT2D eigenvalue weighted by atomic mass is 10.1. The van der Waals surface area contributed by atoms with Gasteiger partial charge < -0.3 is 14.7 Å². The molecule has 0 radical (unpaired) electrons. The maximum atomic E-state index is 12.7. The number of carbonyl (C=O) groups excluding carboxylic acids is 2. The van der Waals surface area contributed by atoms with Crippen molar-refractivity contribution in [2.45, 2.75) is 39.2 Å². The first kappa shape index (κ1) is 16.0. The number of amides is 2. The molecule has 7 nitrogen and oxygen atoms in total. The second-order valence-electron chi connectivity index (χ2n) is 6.32. The van der Waals surface area contributed by atoms with Crippen molar-refractivity contribution in [3.63, 3.8) is 0 Å². The molecule has 2 fully saturated rings. The summed E-state index contributed by atoms with van der Waals surface area (Å²) in [5.74, 6) is 0.663. The molecule has 2 amide bonds. The molecule has 1 aliphatic carbocycles. The third kappa shape index (κ3) is 3.72. The zero-order chi connectivity index (χ0) is 16.4. The molecule has 1 aliphatic heterocycles. The smallest absolute Gasteiger partial charge is 0.259 e. The monoisotopic (exact) mass is 320 g/mol. The maximum absolute atomic E-state index is 12.7. The topological polar surface area (TPSA) is 78.7 Å². The highest BCUT2D eigenvalue weighted by atomic mass is 16.5. The van der Waals surface area contributed by atoms with Crippen LogP contribution >= 0.6 is 0 Å². The van der Waals surface area contributed by atoms with E-state index in [0.717, 1.165) is 31.6 Å². The fourth-order valence-electron chi connectivity index (χ4n) is 2.90. The molecule has 3 rings (SSSR count). The number of nitrogens with zero attached hydrogens (tertiary/aromatic N) is 3. The van der Waals surface area contributed by atoms with Crippen molar-refractivity contribution in [3.8, 4) is 0 Å². The second-order valence-corrected chi connectivity index (χ2v) is 6.32. The van der Waals surface area contributed by atoms with Crippen molar-refractivity contribution in [2.75, 3.05) is 32.7 Å². The zero-order valence-corrected chi connectivity index (χ0v) is 13.8. The summed E-state index contributed by atoms with van der Waals surface area (Å²) >= 11 is 0. The van der Waals surface area contributed by atoms with Gasteiger partial charge >= 0.3 is 0 Å². The number of hydrogen-bond acceptors (Lipinski definition) is 5. The van der Waals surface area contributed by atoms with Gasteiger partial charge in [0, 0.05) is 32.2 Å². The van der Waals surface area contributed by atoms with Crippen LogP contribution in [0.5, 0.6) is 0 Å². The highest BCUT2D eigenvalue weighted by Gasteiger charge is 2.29. The van der Waals surface area contributed by atoms with E-state index in [2.05, 4.69) is 15.4 Å². The van der Waals surface area contributed by atoms with Gasteiger partial charge in [0.05, 0.1) is 12.2 Å². The van der Waals surface area contributed by atoms with Crippen LogP contribution in [0.2, 0.25) is 0 Å². The van der Waals surface area contributed by atoms with E-state index < -0.39 is 0 Å². The minimum Gasteiger partial charge on any atom is -0.361 e. The van der Waals surface area contributed by atoms with E-state index in [1.165, 1.54) is 0 Å². The number of hydrogen-bond donors (Lipinski definition) is 1. The van der Waals surface area contributed by atoms with Crippen LogP contribution < -0.4 is 5.32 Å². The van der Waals surface area contributed by atoms with Crippen LogP contribution in [-0.2, 0) is 11.2 Å². The molecule has 23 heavy (non-hydrogen) atoms. The summed E-state index contributed by atoms with van der Waals surface area (Å²) in [7, 11) is 0. The van der Waals surface area contributed by atoms with E-state index in [-0.39, 0.29) is 11.8 Å². The third-order valence-electron chi connectivity index (χ3n) is 4.45. The molecule has 1 aromatic heterocycles. The largest absolute Gasteiger partial charge is 0.361 e. The van der Waals surface area contributed by atoms with Gasteiger partial charge in [0.25, 0.3) is 5.91 Å². The van der Waals surface area contributed by atoms with E-state index >= 15 is 0 Å². The summed E-state index contributed by atoms with van der Waals surface area (Å²) in [5, 5.41) is 6.95. The van der Waals surface area contributed by atoms with Crippen molar-refractivity contribution < 1.29 is 14.1 Å². The maximum Gasteiger partial charge on any atom is 0.259 e. The SMILES string of the molecule is CCc1noc(C)c1C(=O)N1CCN(CC(=O)NC2CC2)CC1. The standard InChI is InChI=1S/C16H24N4O3/c1-3-13-15(11(2)23-18-13)16(22)20-8-6-19(7-9-20)10-14(21)17-12-4-5-12/h12H,3-10H2,1-2H3,(H,17,21). The number of rotatable bonds is 5. The Morgan fingerprint density at radius 1 is 1.26 bits per heavy atom. The van der Waals surface area contributed by atoms with Gasteiger partial charge in [-0.15, -0.1) is 0 Å². The van der Waals surface area contributed by atoms with Gasteiger partial charge in [-0.2, -0.15) is 0 Å². The van der Waals surface area contributed by atoms with Crippen LogP contribution in [0.1, 0.15) is 41.6 Å². The molecule has 7 heteroatoms. The highest BCUT2D eigenvalue weighted by Crippen LogP contribution is 2.19. The normalized spacial score (nSPS) is 19.0. The van der Waals surface area contributed by atoms with Gasteiger partial charge in [-0.25, -0.2) is 0 Å². The van der Waals surface area contributed by atoms with Crippen molar-refractivity contribution in [1.29, 1.82) is 0 Å². The Labute approximate surface area is 136 Å². The second kappa shape index (κ2) is 6.70. The Morgan fingerprint density at radius 2 is 1.96 bits per heavy atom. The van der Waals surface area contributed by atoms with Crippen molar-refractivity contribution >= 4 is 11.8 Å². The minimum atomic E-state index is -0.0114. The molecule has 0 bridgehead atoms. The van der Waals surface area contributed by atoms with Crippen molar-refractivity contribution in [1.82, 2.24) is 20.3 Å². The van der Waals surface area contributed by atoms with Crippen LogP contribution in [0.25, 0.3) is 0 Å². The van der Waals surface area contributed by atoms with Gasteiger partial charge in [-0.1, -0.05) is 12.1 Å². The quantitative estimate of drug-likeness (QED) is 0.859. The molecule has 0 atom stereocenters. The first-order valence-electron chi connectivity index (χ1n) is 8.34. The molecule has 0 unspecified atom stereocenters. The lowest BCUT2D eigenvalue weighted by Crippen LogP contribution is -2.51. The van der Waals surface area contributed by atoms with Gasteiger partial charge in [0.1, 0.15) is 11.3 Å². The molecular formula is C16H24N4O3. The Balaban J connectivity index is 1.52. The van der Waals surface area contributed by atoms with Gasteiger partial charge in [0.2, 0.25) is 5.91 Å². The van der Waals surface area contributed by atoms with Crippen LogP contribution in [0, 0.1) is 6.92 Å². The number of aromatic nitrogens is 1. The summed E-state index contributed by atoms with van der Waals surface area (Å²) in [6, 6.07) is 0.398. The summed E-state index contributed by atoms with van der Waals surface area (Å²) in [5.41, 5.74) is 1.33. The zero-order valence-electron chi connectivity index (χ0n) is 13.8. The number of piperazine rings is 1. The van der Waals surface area contributed by atoms with Crippen molar-refractivity contribution in [3.05, 3.63) is 17.0 Å². The molecule has 1 aromatic rings. The molecule has 1 saturated carbocycles. The third-order valence-corrected chi connectivity index (χ3v) is 4.45. The molecule has 2 heterocycles. The molecule has 1 saturated heterocycles. The first-order valence-corrected chi connectivity index (χ1v) is 8.34. The Kier molecular flexibility index (Phi) is 4.66. The van der Waals surface area contributed by atoms with E-state index in [1.54, 1.807) is 6.92 Å². The fourth-order valence-corrected chi connectivity index (χ4v) is 2.90. The predicted octanol–water partition coefficient (Wildman–Crippen LogP) is 0.582. The fraction of sp³-hybridized carbons (Fsp3) is 0.688. The van der Waals surface area contributed by atoms with Gasteiger partial charge in [-0.3, -0.25) is 14.5 Å². The average molecular weight is 320 g/mol. The minimum absolute atomic E-state index is 0.0114. The van der Waals surface area contributed by atoms with Crippen molar-refractivity contribution in [2.24, 2.45) is 0 Å². The van der Waals surface area contributed by atoms with Crippen LogP contribution in [0.3, 0.4) is 0 Å². The molecule has 0 aromatic carbocycles. The van der Waals surface area contributed by atoms with Gasteiger partial charge in [-0.05, 0) is 26.2 Å². The number of nitrogens with one attached hydrogen (secondary N) is 1. The van der Waals surface area contributed by atoms with E-state index in [4.69, 9.17) is 4.52 Å². The molecule has 2 aliphatic rings. The first-order chi connectivity index (χ1) is 11.1. The summed E-state index contributed by atoms with van der Waals surface area (Å²) in [4.78, 5) is 28.4. The van der Waals surface area contributed by atoms with E-state index in [9.17, 15) is 9.59 Å². The lowest BCUT2D eigenvalue weighted by Gasteiger charge is -2.34. The van der Waals surface area contributed by atoms with Crippen LogP contribution in [0.4, 0.5) is 0 Å². The summed E-state index contributed by atoms with van der Waals surface area (Å²) in [6.45, 7) is 6.85. The average Bonchev–Trinajstić information content (AvgIpc) is 3.27. The molecular weight excluding hydrogens is 296 g/mol. The van der Waals surface area contributed by atoms with E-state index in [1.807, 2.05) is 11.8 Å². The van der Waals surface area contributed by atoms with Gasteiger partial charge in [0.15, 0.2) is 0 Å². The summed E-state index contributed by atoms with van der Waals surface area (Å²) in [6.07, 6.45) is 2.89. The van der Waals surface area contributed by atoms with Crippen LogP contribution in [0.15, 0.2) is 4.52 Å². The van der Waals surface area contributed by atoms with Crippen LogP contribution in [-0.4, -0.2) is 65.5 Å². The predicted molar refractivity (Wildman–Crippen MR) is 84.1 cm³/mol. The Hall–Kier alpha value is -1.89.